The Morgan fingerprint density at radius 2 is 0.804 bits per heavy atom. The van der Waals surface area contributed by atoms with Gasteiger partial charge in [0.05, 0.1) is 0 Å². The molecule has 12 rings (SSSR count). The van der Waals surface area contributed by atoms with Gasteiger partial charge in [-0.2, -0.15) is 0 Å². The van der Waals surface area contributed by atoms with Crippen LogP contribution in [0.15, 0.2) is 182 Å². The van der Waals surface area contributed by atoms with E-state index in [4.69, 9.17) is 0 Å². The fraction of sp³-hybridized carbons (Fsp3) is 0.0364. The van der Waals surface area contributed by atoms with Gasteiger partial charge in [-0.3, -0.25) is 4.98 Å². The summed E-state index contributed by atoms with van der Waals surface area (Å²) >= 11 is 0. The molecule has 1 heterocycles. The van der Waals surface area contributed by atoms with E-state index < -0.39 is 0 Å². The quantitative estimate of drug-likeness (QED) is 0.162. The van der Waals surface area contributed by atoms with Gasteiger partial charge in [-0.1, -0.05) is 164 Å². The Bertz CT molecular complexity index is 3240. The third-order valence-corrected chi connectivity index (χ3v) is 12.4. The van der Waals surface area contributed by atoms with Crippen molar-refractivity contribution in [3.63, 3.8) is 0 Å². The highest BCUT2D eigenvalue weighted by molar-refractivity contribution is 6.27. The molecule has 56 heavy (non-hydrogen) atoms. The molecular formula is C55H35N. The molecule has 0 N–H and O–H groups in total. The Labute approximate surface area is 325 Å². The zero-order valence-corrected chi connectivity index (χ0v) is 30.8. The smallest absolute Gasteiger partial charge is 0.0273 e. The van der Waals surface area contributed by atoms with Gasteiger partial charge in [0.15, 0.2) is 0 Å². The highest BCUT2D eigenvalue weighted by atomic mass is 14.6. The molecule has 2 aliphatic rings. The molecule has 10 aromatic rings. The molecule has 0 unspecified atom stereocenters. The first kappa shape index (κ1) is 31.3. The first-order chi connectivity index (χ1) is 27.7. The Kier molecular flexibility index (Phi) is 6.82. The van der Waals surface area contributed by atoms with E-state index in [2.05, 4.69) is 181 Å². The van der Waals surface area contributed by atoms with Crippen molar-refractivity contribution in [2.24, 2.45) is 0 Å². The number of benzene rings is 9. The van der Waals surface area contributed by atoms with Gasteiger partial charge in [-0.15, -0.1) is 0 Å². The van der Waals surface area contributed by atoms with Crippen LogP contribution in [0.25, 0.3) is 110 Å². The fourth-order valence-electron chi connectivity index (χ4n) is 9.65. The summed E-state index contributed by atoms with van der Waals surface area (Å²) in [5, 5.41) is 10.6. The number of hydrogen-bond acceptors (Lipinski definition) is 1. The summed E-state index contributed by atoms with van der Waals surface area (Å²) < 4.78 is 0. The van der Waals surface area contributed by atoms with Crippen LogP contribution < -0.4 is 0 Å². The summed E-state index contributed by atoms with van der Waals surface area (Å²) in [7, 11) is 0. The van der Waals surface area contributed by atoms with Crippen molar-refractivity contribution in [2.45, 2.75) is 12.8 Å². The molecule has 260 valence electrons. The molecular weight excluding hydrogens is 675 g/mol. The van der Waals surface area contributed by atoms with Crippen LogP contribution in [0.4, 0.5) is 0 Å². The molecule has 0 spiro atoms. The summed E-state index contributed by atoms with van der Waals surface area (Å²) in [6.07, 6.45) is 12.8. The number of pyridine rings is 1. The van der Waals surface area contributed by atoms with Crippen molar-refractivity contribution in [1.82, 2.24) is 4.98 Å². The predicted octanol–water partition coefficient (Wildman–Crippen LogP) is 14.8. The molecule has 0 atom stereocenters. The van der Waals surface area contributed by atoms with E-state index in [0.29, 0.717) is 0 Å². The second kappa shape index (κ2) is 12.2. The SMILES string of the molecule is C1=Cc2ccc3c(-c4ccc(-c5ccc(-c6ccc(-c7ccc8ccc9c(-c%10ccncc%10)ccc%10ccc7c8c%109)cc6)cc5)cc4)ccc4c3c2C(=CC4)C1. The van der Waals surface area contributed by atoms with E-state index in [1.807, 2.05) is 12.4 Å². The van der Waals surface area contributed by atoms with Crippen LogP contribution in [-0.2, 0) is 6.42 Å². The number of nitrogens with zero attached hydrogens (tertiary/aromatic N) is 1. The highest BCUT2D eigenvalue weighted by Gasteiger charge is 2.21. The molecule has 0 amide bonds. The normalized spacial score (nSPS) is 13.2. The van der Waals surface area contributed by atoms with Crippen LogP contribution in [0.3, 0.4) is 0 Å². The lowest BCUT2D eigenvalue weighted by atomic mass is 9.80. The maximum Gasteiger partial charge on any atom is 0.0273 e. The average molecular weight is 710 g/mol. The van der Waals surface area contributed by atoms with Crippen molar-refractivity contribution < 1.29 is 0 Å². The number of hydrogen-bond donors (Lipinski definition) is 0. The molecule has 0 saturated heterocycles. The third-order valence-electron chi connectivity index (χ3n) is 12.4. The lowest BCUT2D eigenvalue weighted by Crippen LogP contribution is -2.03. The fourth-order valence-corrected chi connectivity index (χ4v) is 9.65. The van der Waals surface area contributed by atoms with Crippen LogP contribution in [-0.4, -0.2) is 4.98 Å². The van der Waals surface area contributed by atoms with Gasteiger partial charge in [0, 0.05) is 12.4 Å². The lowest BCUT2D eigenvalue weighted by molar-refractivity contribution is 1.23. The molecule has 0 aliphatic heterocycles. The Balaban J connectivity index is 0.838. The van der Waals surface area contributed by atoms with E-state index in [1.54, 1.807) is 0 Å². The highest BCUT2D eigenvalue weighted by Crippen LogP contribution is 2.45. The predicted molar refractivity (Wildman–Crippen MR) is 238 cm³/mol. The van der Waals surface area contributed by atoms with Crippen molar-refractivity contribution in [3.8, 4) is 55.6 Å². The summed E-state index contributed by atoms with van der Waals surface area (Å²) in [6.45, 7) is 0. The summed E-state index contributed by atoms with van der Waals surface area (Å²) in [4.78, 5) is 4.25. The zero-order chi connectivity index (χ0) is 36.7. The second-order valence-electron chi connectivity index (χ2n) is 15.4. The zero-order valence-electron chi connectivity index (χ0n) is 30.8. The summed E-state index contributed by atoms with van der Waals surface area (Å²) in [6, 6.07) is 58.9. The molecule has 0 radical (unpaired) electrons. The van der Waals surface area contributed by atoms with Crippen LogP contribution >= 0.6 is 0 Å². The largest absolute Gasteiger partial charge is 0.265 e. The maximum atomic E-state index is 4.25. The Morgan fingerprint density at radius 1 is 0.357 bits per heavy atom. The van der Waals surface area contributed by atoms with Crippen LogP contribution in [0, 0.1) is 0 Å². The van der Waals surface area contributed by atoms with Crippen LogP contribution in [0.1, 0.15) is 23.1 Å². The van der Waals surface area contributed by atoms with E-state index in [1.165, 1.54) is 121 Å². The standard InChI is InChI=1S/C55H35N/c1-2-41-16-17-43-18-24-46(49-27-21-42(3-1)52(41)53(43)49)38-12-8-36(9-13-38)34-4-6-35(7-5-34)37-10-14-39(15-11-37)47-25-19-44-23-29-51-48(40-30-32-56-33-31-40)26-20-45-22-28-50(47)54(44)55(45)51/h1,3-16,18-33H,2,17H2. The van der Waals surface area contributed by atoms with E-state index in [-0.39, 0.29) is 0 Å². The maximum absolute atomic E-state index is 4.25. The monoisotopic (exact) mass is 709 g/mol. The van der Waals surface area contributed by atoms with Crippen LogP contribution in [0.2, 0.25) is 0 Å². The molecule has 0 saturated carbocycles. The van der Waals surface area contributed by atoms with Gasteiger partial charge in [0.25, 0.3) is 0 Å². The van der Waals surface area contributed by atoms with Gasteiger partial charge >= 0.3 is 0 Å². The third kappa shape index (κ3) is 4.77. The topological polar surface area (TPSA) is 12.9 Å². The molecule has 9 aromatic carbocycles. The number of allylic oxidation sites excluding steroid dienone is 3. The van der Waals surface area contributed by atoms with Gasteiger partial charge in [-0.25, -0.2) is 0 Å². The lowest BCUT2D eigenvalue weighted by Gasteiger charge is -2.24. The van der Waals surface area contributed by atoms with E-state index >= 15 is 0 Å². The van der Waals surface area contributed by atoms with E-state index in [0.717, 1.165) is 12.8 Å². The molecule has 1 heteroatoms. The molecule has 1 nitrogen and oxygen atoms in total. The number of rotatable bonds is 5. The summed E-state index contributed by atoms with van der Waals surface area (Å²) in [5.41, 5.74) is 18.1. The van der Waals surface area contributed by atoms with E-state index in [9.17, 15) is 0 Å². The minimum absolute atomic E-state index is 1.02. The van der Waals surface area contributed by atoms with Crippen molar-refractivity contribution >= 4 is 54.7 Å². The summed E-state index contributed by atoms with van der Waals surface area (Å²) in [5.74, 6) is 0. The molecule has 1 aromatic heterocycles. The Morgan fingerprint density at radius 3 is 1.36 bits per heavy atom. The first-order valence-electron chi connectivity index (χ1n) is 19.6. The van der Waals surface area contributed by atoms with Crippen molar-refractivity contribution in [3.05, 3.63) is 199 Å². The van der Waals surface area contributed by atoms with Gasteiger partial charge in [0.1, 0.15) is 0 Å². The minimum atomic E-state index is 1.02. The van der Waals surface area contributed by atoms with Crippen LogP contribution in [0.5, 0.6) is 0 Å². The molecule has 2 aliphatic carbocycles. The average Bonchev–Trinajstić information content (AvgIpc) is 3.28. The number of aromatic nitrogens is 1. The Hall–Kier alpha value is -7.09. The van der Waals surface area contributed by atoms with Gasteiger partial charge < -0.3 is 0 Å². The van der Waals surface area contributed by atoms with Gasteiger partial charge in [-0.05, 0) is 146 Å². The van der Waals surface area contributed by atoms with Crippen molar-refractivity contribution in [1.29, 1.82) is 0 Å². The minimum Gasteiger partial charge on any atom is -0.265 e. The molecule has 0 fully saturated rings. The second-order valence-corrected chi connectivity index (χ2v) is 15.4. The first-order valence-corrected chi connectivity index (χ1v) is 19.6. The van der Waals surface area contributed by atoms with Gasteiger partial charge in [0.2, 0.25) is 0 Å². The van der Waals surface area contributed by atoms with Crippen molar-refractivity contribution in [2.75, 3.05) is 0 Å². The molecule has 0 bridgehead atoms.